The monoisotopic (exact) mass is 146 g/mol. The van der Waals surface area contributed by atoms with Crippen LogP contribution in [0.3, 0.4) is 0 Å². The summed E-state index contributed by atoms with van der Waals surface area (Å²) in [7, 11) is 0. The summed E-state index contributed by atoms with van der Waals surface area (Å²) in [6.45, 7) is 0. The molecular formula is C4H6N2O2S. The Morgan fingerprint density at radius 1 is 2.00 bits per heavy atom. The van der Waals surface area contributed by atoms with E-state index in [1.165, 1.54) is 11.8 Å². The second-order valence-electron chi connectivity index (χ2n) is 1.58. The first kappa shape index (κ1) is 6.57. The van der Waals surface area contributed by atoms with Crippen LogP contribution in [0.25, 0.3) is 0 Å². The zero-order valence-electron chi connectivity index (χ0n) is 4.57. The molecule has 9 heavy (non-hydrogen) atoms. The highest BCUT2D eigenvalue weighted by Gasteiger charge is 2.18. The number of rotatable bonds is 1. The Kier molecular flexibility index (Phi) is 1.73. The molecule has 0 fully saturated rings. The fourth-order valence-corrected chi connectivity index (χ4v) is 1.24. The molecule has 1 aliphatic rings. The molecule has 4 nitrogen and oxygen atoms in total. The maximum Gasteiger partial charge on any atom is 0.350 e. The molecule has 0 bridgehead atoms. The Bertz CT molecular complexity index is 168. The number of hydrogen-bond acceptors (Lipinski definition) is 4. The molecule has 0 unspecified atom stereocenters. The normalized spacial score (nSPS) is 25.9. The van der Waals surface area contributed by atoms with Crippen LogP contribution in [-0.2, 0) is 4.79 Å². The van der Waals surface area contributed by atoms with Crippen LogP contribution >= 0.6 is 11.8 Å². The summed E-state index contributed by atoms with van der Waals surface area (Å²) < 4.78 is 0. The highest BCUT2D eigenvalue weighted by atomic mass is 32.2. The van der Waals surface area contributed by atoms with Crippen molar-refractivity contribution in [3.63, 3.8) is 0 Å². The molecule has 0 aromatic carbocycles. The van der Waals surface area contributed by atoms with Gasteiger partial charge < -0.3 is 10.8 Å². The van der Waals surface area contributed by atoms with Gasteiger partial charge in [-0.25, -0.2) is 4.79 Å². The van der Waals surface area contributed by atoms with Crippen LogP contribution in [-0.4, -0.2) is 28.0 Å². The van der Waals surface area contributed by atoms with Gasteiger partial charge in [-0.05, 0) is 0 Å². The number of aliphatic imine (C=N–C) groups is 1. The number of nitrogens with zero attached hydrogens (tertiary/aromatic N) is 1. The molecule has 1 rings (SSSR count). The second kappa shape index (κ2) is 2.36. The van der Waals surface area contributed by atoms with Crippen molar-refractivity contribution in [2.45, 2.75) is 5.50 Å². The largest absolute Gasteiger partial charge is 0.477 e. The molecule has 0 aromatic rings. The van der Waals surface area contributed by atoms with E-state index in [-0.39, 0.29) is 11.2 Å². The summed E-state index contributed by atoms with van der Waals surface area (Å²) in [6.07, 6.45) is 0. The third-order valence-electron chi connectivity index (χ3n) is 0.921. The quantitative estimate of drug-likeness (QED) is 0.523. The fraction of sp³-hybridized carbons (Fsp3) is 0.500. The van der Waals surface area contributed by atoms with E-state index >= 15 is 0 Å². The van der Waals surface area contributed by atoms with Crippen LogP contribution in [0, 0.1) is 0 Å². The summed E-state index contributed by atoms with van der Waals surface area (Å²) in [5.41, 5.74) is 5.08. The molecule has 50 valence electrons. The van der Waals surface area contributed by atoms with E-state index < -0.39 is 5.97 Å². The van der Waals surface area contributed by atoms with Gasteiger partial charge >= 0.3 is 5.97 Å². The van der Waals surface area contributed by atoms with Gasteiger partial charge in [0.25, 0.3) is 0 Å². The molecule has 0 saturated carbocycles. The highest BCUT2D eigenvalue weighted by molar-refractivity contribution is 8.01. The molecule has 5 heteroatoms. The van der Waals surface area contributed by atoms with Crippen molar-refractivity contribution in [1.82, 2.24) is 0 Å². The maximum atomic E-state index is 10.1. The summed E-state index contributed by atoms with van der Waals surface area (Å²) in [4.78, 5) is 13.8. The predicted molar refractivity (Wildman–Crippen MR) is 35.5 cm³/mol. The van der Waals surface area contributed by atoms with Crippen molar-refractivity contribution in [3.05, 3.63) is 0 Å². The minimum absolute atomic E-state index is 0.174. The lowest BCUT2D eigenvalue weighted by molar-refractivity contribution is -0.129. The van der Waals surface area contributed by atoms with Gasteiger partial charge in [0.05, 0.1) is 0 Å². The Hall–Kier alpha value is -0.550. The fourth-order valence-electron chi connectivity index (χ4n) is 0.509. The van der Waals surface area contributed by atoms with Crippen molar-refractivity contribution < 1.29 is 9.90 Å². The van der Waals surface area contributed by atoms with Crippen LogP contribution in [0.4, 0.5) is 0 Å². The van der Waals surface area contributed by atoms with Crippen LogP contribution in [0.2, 0.25) is 0 Å². The number of aliphatic carboxylic acids is 1. The first-order valence-electron chi connectivity index (χ1n) is 2.37. The Labute approximate surface area is 56.1 Å². The standard InChI is InChI=1S/C4H6N2O2S/c5-4-6-2(1-9-4)3(7)8/h4H,1,5H2,(H,7,8)/t4-/m1/s1. The predicted octanol–water partition coefficient (Wildman–Crippen LogP) is -0.499. The zero-order chi connectivity index (χ0) is 6.85. The lowest BCUT2D eigenvalue weighted by Gasteiger charge is -1.89. The molecule has 1 aliphatic heterocycles. The topological polar surface area (TPSA) is 75.7 Å². The number of carboxylic acid groups (broad SMARTS) is 1. The first-order chi connectivity index (χ1) is 4.20. The zero-order valence-corrected chi connectivity index (χ0v) is 5.39. The van der Waals surface area contributed by atoms with Gasteiger partial charge in [0.1, 0.15) is 11.2 Å². The lowest BCUT2D eigenvalue weighted by atomic mass is 10.4. The number of nitrogens with two attached hydrogens (primary N) is 1. The molecule has 0 aromatic heterocycles. The molecule has 1 atom stereocenters. The number of carboxylic acids is 1. The molecular weight excluding hydrogens is 140 g/mol. The van der Waals surface area contributed by atoms with E-state index in [2.05, 4.69) is 4.99 Å². The van der Waals surface area contributed by atoms with Crippen molar-refractivity contribution in [2.75, 3.05) is 5.75 Å². The van der Waals surface area contributed by atoms with E-state index in [0.29, 0.717) is 5.75 Å². The van der Waals surface area contributed by atoms with Crippen LogP contribution < -0.4 is 5.73 Å². The van der Waals surface area contributed by atoms with Crippen LogP contribution in [0.15, 0.2) is 4.99 Å². The van der Waals surface area contributed by atoms with Crippen molar-refractivity contribution in [2.24, 2.45) is 10.7 Å². The van der Waals surface area contributed by atoms with Crippen LogP contribution in [0.5, 0.6) is 0 Å². The minimum atomic E-state index is -0.963. The number of hydrogen-bond donors (Lipinski definition) is 2. The average Bonchev–Trinajstić information content (AvgIpc) is 2.14. The summed E-state index contributed by atoms with van der Waals surface area (Å²) in [5.74, 6) is -0.535. The van der Waals surface area contributed by atoms with E-state index in [4.69, 9.17) is 10.8 Å². The molecule has 0 amide bonds. The first-order valence-corrected chi connectivity index (χ1v) is 3.42. The van der Waals surface area contributed by atoms with E-state index in [1.54, 1.807) is 0 Å². The molecule has 1 heterocycles. The van der Waals surface area contributed by atoms with E-state index in [0.717, 1.165) is 0 Å². The van der Waals surface area contributed by atoms with Crippen LogP contribution in [0.1, 0.15) is 0 Å². The third kappa shape index (κ3) is 1.43. The van der Waals surface area contributed by atoms with Crippen molar-refractivity contribution in [1.29, 1.82) is 0 Å². The SMILES string of the molecule is N[C@@H]1N=C(C(=O)O)CS1. The number of carbonyl (C=O) groups is 1. The molecule has 3 N–H and O–H groups in total. The Balaban J connectivity index is 2.62. The lowest BCUT2D eigenvalue weighted by Crippen LogP contribution is -2.13. The van der Waals surface area contributed by atoms with Gasteiger partial charge in [-0.2, -0.15) is 0 Å². The van der Waals surface area contributed by atoms with E-state index in [9.17, 15) is 4.79 Å². The average molecular weight is 146 g/mol. The van der Waals surface area contributed by atoms with Crippen molar-refractivity contribution in [3.8, 4) is 0 Å². The third-order valence-corrected chi connectivity index (χ3v) is 1.81. The smallest absolute Gasteiger partial charge is 0.350 e. The molecule has 0 aliphatic carbocycles. The highest BCUT2D eigenvalue weighted by Crippen LogP contribution is 2.14. The van der Waals surface area contributed by atoms with Gasteiger partial charge in [-0.3, -0.25) is 4.99 Å². The maximum absolute atomic E-state index is 10.1. The molecule has 0 saturated heterocycles. The molecule has 0 radical (unpaired) electrons. The van der Waals surface area contributed by atoms with Gasteiger partial charge in [-0.1, -0.05) is 0 Å². The second-order valence-corrected chi connectivity index (χ2v) is 2.69. The Morgan fingerprint density at radius 2 is 2.67 bits per heavy atom. The summed E-state index contributed by atoms with van der Waals surface area (Å²) in [5, 5.41) is 8.33. The van der Waals surface area contributed by atoms with Crippen molar-refractivity contribution >= 4 is 23.4 Å². The number of thioether (sulfide) groups is 1. The molecule has 0 spiro atoms. The Morgan fingerprint density at radius 3 is 2.89 bits per heavy atom. The van der Waals surface area contributed by atoms with E-state index in [1.807, 2.05) is 0 Å². The summed E-state index contributed by atoms with van der Waals surface area (Å²) in [6, 6.07) is 0. The minimum Gasteiger partial charge on any atom is -0.477 e. The van der Waals surface area contributed by atoms with Gasteiger partial charge in [-0.15, -0.1) is 11.8 Å². The van der Waals surface area contributed by atoms with Gasteiger partial charge in [0, 0.05) is 5.75 Å². The summed E-state index contributed by atoms with van der Waals surface area (Å²) >= 11 is 1.33. The van der Waals surface area contributed by atoms with Gasteiger partial charge in [0.2, 0.25) is 0 Å². The van der Waals surface area contributed by atoms with Gasteiger partial charge in [0.15, 0.2) is 0 Å².